The Bertz CT molecular complexity index is 734. The molecule has 0 spiro atoms. The minimum atomic E-state index is -0.407. The Morgan fingerprint density at radius 1 is 1.00 bits per heavy atom. The summed E-state index contributed by atoms with van der Waals surface area (Å²) in [4.78, 5) is 25.8. The van der Waals surface area contributed by atoms with Gasteiger partial charge in [-0.05, 0) is 42.7 Å². The van der Waals surface area contributed by atoms with Gasteiger partial charge >= 0.3 is 0 Å². The zero-order valence-electron chi connectivity index (χ0n) is 14.1. The van der Waals surface area contributed by atoms with Gasteiger partial charge in [-0.15, -0.1) is 0 Å². The third kappa shape index (κ3) is 2.92. The van der Waals surface area contributed by atoms with Crippen molar-refractivity contribution in [1.82, 2.24) is 0 Å². The second-order valence-electron chi connectivity index (χ2n) is 6.38. The van der Waals surface area contributed by atoms with Crippen molar-refractivity contribution in [3.63, 3.8) is 0 Å². The van der Waals surface area contributed by atoms with Crippen molar-refractivity contribution in [2.75, 3.05) is 17.3 Å². The molecule has 2 aromatic rings. The molecule has 2 aromatic carbocycles. The number of hydrogen-bond donors (Lipinski definition) is 1. The minimum Gasteiger partial charge on any atom is -0.325 e. The summed E-state index contributed by atoms with van der Waals surface area (Å²) in [7, 11) is 1.73. The number of nitrogens with zero attached hydrogens (tertiary/aromatic N) is 1. The number of benzene rings is 2. The molecular formula is C20H22N2O2. The molecule has 1 aliphatic rings. The number of carbonyl (C=O) groups excluding carboxylic acids is 2. The highest BCUT2D eigenvalue weighted by atomic mass is 16.2. The predicted octanol–water partition coefficient (Wildman–Crippen LogP) is 3.73. The Balaban J connectivity index is 1.76. The maximum atomic E-state index is 12.9. The lowest BCUT2D eigenvalue weighted by Crippen LogP contribution is -2.45. The molecule has 0 aromatic heterocycles. The molecule has 124 valence electrons. The van der Waals surface area contributed by atoms with Crippen molar-refractivity contribution >= 4 is 23.2 Å². The minimum absolute atomic E-state index is 0.0238. The zero-order valence-corrected chi connectivity index (χ0v) is 14.1. The first-order valence-electron chi connectivity index (χ1n) is 8.24. The number of hydrogen-bond acceptors (Lipinski definition) is 2. The molecule has 3 rings (SSSR count). The van der Waals surface area contributed by atoms with E-state index in [0.29, 0.717) is 0 Å². The summed E-state index contributed by atoms with van der Waals surface area (Å²) in [5.74, 6) is 0.0249. The van der Waals surface area contributed by atoms with Crippen LogP contribution in [0.15, 0.2) is 54.6 Å². The molecule has 4 heteroatoms. The lowest BCUT2D eigenvalue weighted by atomic mass is 9.64. The summed E-state index contributed by atoms with van der Waals surface area (Å²) in [6.45, 7) is 1.52. The fraction of sp³-hybridized carbons (Fsp3) is 0.300. The van der Waals surface area contributed by atoms with Gasteiger partial charge in [0.1, 0.15) is 0 Å². The van der Waals surface area contributed by atoms with Crippen LogP contribution in [-0.4, -0.2) is 18.9 Å². The van der Waals surface area contributed by atoms with Crippen LogP contribution in [0.25, 0.3) is 0 Å². The van der Waals surface area contributed by atoms with Gasteiger partial charge in [0.05, 0.1) is 5.41 Å². The number of nitrogens with one attached hydrogen (secondary N) is 1. The van der Waals surface area contributed by atoms with E-state index in [2.05, 4.69) is 5.32 Å². The third-order valence-corrected chi connectivity index (χ3v) is 4.95. The maximum absolute atomic E-state index is 12.9. The molecule has 0 radical (unpaired) electrons. The number of rotatable bonds is 4. The van der Waals surface area contributed by atoms with Gasteiger partial charge in [-0.1, -0.05) is 36.8 Å². The van der Waals surface area contributed by atoms with Gasteiger partial charge in [-0.2, -0.15) is 0 Å². The molecule has 0 bridgehead atoms. The Hall–Kier alpha value is -2.62. The van der Waals surface area contributed by atoms with Gasteiger partial charge < -0.3 is 10.2 Å². The lowest BCUT2D eigenvalue weighted by molar-refractivity contribution is -0.124. The van der Waals surface area contributed by atoms with E-state index in [4.69, 9.17) is 0 Å². The van der Waals surface area contributed by atoms with E-state index < -0.39 is 5.41 Å². The van der Waals surface area contributed by atoms with Crippen LogP contribution >= 0.6 is 0 Å². The molecule has 0 atom stereocenters. The molecule has 4 nitrogen and oxygen atoms in total. The highest BCUT2D eigenvalue weighted by Gasteiger charge is 2.45. The average Bonchev–Trinajstić information content (AvgIpc) is 2.55. The van der Waals surface area contributed by atoms with Crippen LogP contribution in [0.5, 0.6) is 0 Å². The van der Waals surface area contributed by atoms with Gasteiger partial charge in [0.2, 0.25) is 11.8 Å². The fourth-order valence-electron chi connectivity index (χ4n) is 3.14. The summed E-state index contributed by atoms with van der Waals surface area (Å²) in [5, 5.41) is 3.04. The lowest BCUT2D eigenvalue weighted by Gasteiger charge is -2.40. The van der Waals surface area contributed by atoms with E-state index in [0.717, 1.165) is 36.2 Å². The molecule has 2 amide bonds. The van der Waals surface area contributed by atoms with Crippen LogP contribution < -0.4 is 10.2 Å². The second kappa shape index (κ2) is 6.48. The van der Waals surface area contributed by atoms with Crippen molar-refractivity contribution in [2.45, 2.75) is 31.6 Å². The smallest absolute Gasteiger partial charge is 0.235 e. The normalized spacial score (nSPS) is 15.2. The Morgan fingerprint density at radius 2 is 1.62 bits per heavy atom. The average molecular weight is 322 g/mol. The first-order chi connectivity index (χ1) is 11.5. The molecule has 24 heavy (non-hydrogen) atoms. The maximum Gasteiger partial charge on any atom is 0.235 e. The van der Waals surface area contributed by atoms with Gasteiger partial charge in [-0.25, -0.2) is 0 Å². The summed E-state index contributed by atoms with van der Waals surface area (Å²) in [6, 6.07) is 17.4. The Morgan fingerprint density at radius 3 is 2.12 bits per heavy atom. The summed E-state index contributed by atoms with van der Waals surface area (Å²) in [6.07, 6.45) is 2.84. The van der Waals surface area contributed by atoms with Crippen LogP contribution in [0, 0.1) is 0 Å². The number of amides is 2. The highest BCUT2D eigenvalue weighted by molar-refractivity contribution is 6.00. The summed E-state index contributed by atoms with van der Waals surface area (Å²) >= 11 is 0. The van der Waals surface area contributed by atoms with Crippen LogP contribution in [0.2, 0.25) is 0 Å². The summed E-state index contributed by atoms with van der Waals surface area (Å²) < 4.78 is 0. The Kier molecular flexibility index (Phi) is 4.38. The largest absolute Gasteiger partial charge is 0.325 e. The molecule has 1 fully saturated rings. The van der Waals surface area contributed by atoms with Gasteiger partial charge in [0.25, 0.3) is 0 Å². The molecule has 0 saturated heterocycles. The van der Waals surface area contributed by atoms with Crippen LogP contribution in [0.3, 0.4) is 0 Å². The van der Waals surface area contributed by atoms with Crippen LogP contribution in [0.1, 0.15) is 31.7 Å². The van der Waals surface area contributed by atoms with E-state index in [-0.39, 0.29) is 11.8 Å². The highest BCUT2D eigenvalue weighted by Crippen LogP contribution is 2.44. The van der Waals surface area contributed by atoms with Crippen molar-refractivity contribution in [3.05, 3.63) is 60.2 Å². The quantitative estimate of drug-likeness (QED) is 0.932. The topological polar surface area (TPSA) is 49.4 Å². The molecule has 0 heterocycles. The van der Waals surface area contributed by atoms with Gasteiger partial charge in [0, 0.05) is 25.3 Å². The SMILES string of the molecule is CC(=O)N(C)c1ccc(NC(=O)C2(c3ccccc3)CCC2)cc1. The van der Waals surface area contributed by atoms with Gasteiger partial charge in [0.15, 0.2) is 0 Å². The second-order valence-corrected chi connectivity index (χ2v) is 6.38. The van der Waals surface area contributed by atoms with Crippen molar-refractivity contribution in [3.8, 4) is 0 Å². The zero-order chi connectivity index (χ0) is 17.2. The third-order valence-electron chi connectivity index (χ3n) is 4.95. The number of carbonyl (C=O) groups is 2. The fourth-order valence-corrected chi connectivity index (χ4v) is 3.14. The first kappa shape index (κ1) is 16.2. The van der Waals surface area contributed by atoms with Crippen molar-refractivity contribution < 1.29 is 9.59 Å². The predicted molar refractivity (Wildman–Crippen MR) is 96.1 cm³/mol. The van der Waals surface area contributed by atoms with E-state index in [9.17, 15) is 9.59 Å². The van der Waals surface area contributed by atoms with Crippen molar-refractivity contribution in [1.29, 1.82) is 0 Å². The van der Waals surface area contributed by atoms with E-state index >= 15 is 0 Å². The molecule has 1 N–H and O–H groups in total. The van der Waals surface area contributed by atoms with E-state index in [1.54, 1.807) is 11.9 Å². The number of anilines is 2. The van der Waals surface area contributed by atoms with Crippen LogP contribution in [0.4, 0.5) is 11.4 Å². The monoisotopic (exact) mass is 322 g/mol. The molecule has 0 unspecified atom stereocenters. The van der Waals surface area contributed by atoms with E-state index in [1.165, 1.54) is 6.92 Å². The summed E-state index contributed by atoms with van der Waals surface area (Å²) in [5.41, 5.74) is 2.24. The first-order valence-corrected chi connectivity index (χ1v) is 8.24. The van der Waals surface area contributed by atoms with Gasteiger partial charge in [-0.3, -0.25) is 9.59 Å². The van der Waals surface area contributed by atoms with Crippen LogP contribution in [-0.2, 0) is 15.0 Å². The molecule has 1 aliphatic carbocycles. The van der Waals surface area contributed by atoms with E-state index in [1.807, 2.05) is 54.6 Å². The Labute approximate surface area is 142 Å². The standard InChI is InChI=1S/C20H22N2O2/c1-15(23)22(2)18-11-9-17(10-12-18)21-19(24)20(13-6-14-20)16-7-4-3-5-8-16/h3-5,7-12H,6,13-14H2,1-2H3,(H,21,24). The molecular weight excluding hydrogens is 300 g/mol. The molecule has 0 aliphatic heterocycles. The van der Waals surface area contributed by atoms with Crippen molar-refractivity contribution in [2.24, 2.45) is 0 Å². The molecule has 1 saturated carbocycles.